The number of carbonyl (C=O) groups excluding carboxylic acids is 1. The molecular formula is C19H26O5. The van der Waals surface area contributed by atoms with Crippen LogP contribution in [0.2, 0.25) is 0 Å². The van der Waals surface area contributed by atoms with Crippen LogP contribution < -0.4 is 0 Å². The molecule has 2 fully saturated rings. The minimum absolute atomic E-state index is 0.117. The number of ether oxygens (including phenoxy) is 4. The minimum Gasteiger partial charge on any atom is -0.377 e. The topological polar surface area (TPSA) is 54.0 Å². The molecule has 5 heteroatoms. The van der Waals surface area contributed by atoms with E-state index in [4.69, 9.17) is 18.9 Å². The van der Waals surface area contributed by atoms with Gasteiger partial charge in [-0.15, -0.1) is 0 Å². The molecule has 1 heterocycles. The summed E-state index contributed by atoms with van der Waals surface area (Å²) >= 11 is 0. The standard InChI is InChI=1S/C19H26O5/c1-21-14-17(20)18(15-22-13-16-5-3-2-4-6-16)7-9-19(10-8-18)23-11-12-24-19/h2-6H,7-15H2,1H3. The van der Waals surface area contributed by atoms with Crippen molar-refractivity contribution in [3.8, 4) is 0 Å². The van der Waals surface area contributed by atoms with Crippen molar-refractivity contribution in [3.63, 3.8) is 0 Å². The Labute approximate surface area is 143 Å². The lowest BCUT2D eigenvalue weighted by Gasteiger charge is -2.42. The van der Waals surface area contributed by atoms with Gasteiger partial charge in [0.2, 0.25) is 0 Å². The highest BCUT2D eigenvalue weighted by Crippen LogP contribution is 2.45. The highest BCUT2D eigenvalue weighted by molar-refractivity contribution is 5.86. The van der Waals surface area contributed by atoms with Crippen LogP contribution in [-0.4, -0.2) is 45.1 Å². The molecule has 0 N–H and O–H groups in total. The van der Waals surface area contributed by atoms with Gasteiger partial charge >= 0.3 is 0 Å². The van der Waals surface area contributed by atoms with Gasteiger partial charge in [-0.1, -0.05) is 30.3 Å². The maximum Gasteiger partial charge on any atom is 0.168 e. The monoisotopic (exact) mass is 334 g/mol. The first-order chi connectivity index (χ1) is 11.7. The summed E-state index contributed by atoms with van der Waals surface area (Å²) in [6.07, 6.45) is 2.89. The summed E-state index contributed by atoms with van der Waals surface area (Å²) in [7, 11) is 1.56. The highest BCUT2D eigenvalue weighted by atomic mass is 16.7. The molecule has 0 aromatic heterocycles. The Morgan fingerprint density at radius 1 is 1.08 bits per heavy atom. The summed E-state index contributed by atoms with van der Waals surface area (Å²) in [5.74, 6) is -0.359. The Balaban J connectivity index is 1.62. The van der Waals surface area contributed by atoms with Crippen molar-refractivity contribution in [2.75, 3.05) is 33.5 Å². The van der Waals surface area contributed by atoms with Crippen LogP contribution in [0, 0.1) is 5.41 Å². The van der Waals surface area contributed by atoms with Crippen LogP contribution in [0.1, 0.15) is 31.2 Å². The third-order valence-electron chi connectivity index (χ3n) is 5.14. The lowest BCUT2D eigenvalue weighted by molar-refractivity contribution is -0.198. The molecule has 1 spiro atoms. The molecule has 2 aliphatic rings. The minimum atomic E-state index is -0.495. The Morgan fingerprint density at radius 3 is 2.38 bits per heavy atom. The van der Waals surface area contributed by atoms with E-state index in [9.17, 15) is 4.79 Å². The molecule has 132 valence electrons. The predicted octanol–water partition coefficient (Wildman–Crippen LogP) is 2.72. The Hall–Kier alpha value is -1.27. The Morgan fingerprint density at radius 2 is 1.75 bits per heavy atom. The molecule has 1 saturated carbocycles. The smallest absolute Gasteiger partial charge is 0.168 e. The Bertz CT molecular complexity index is 526. The van der Waals surface area contributed by atoms with E-state index in [1.54, 1.807) is 7.11 Å². The molecule has 5 nitrogen and oxygen atoms in total. The first-order valence-corrected chi connectivity index (χ1v) is 8.60. The lowest BCUT2D eigenvalue weighted by Crippen LogP contribution is -2.47. The number of methoxy groups -OCH3 is 1. The van der Waals surface area contributed by atoms with Gasteiger partial charge in [-0.2, -0.15) is 0 Å². The van der Waals surface area contributed by atoms with Gasteiger partial charge < -0.3 is 18.9 Å². The normalized spacial score (nSPS) is 21.9. The summed E-state index contributed by atoms with van der Waals surface area (Å²) in [5.41, 5.74) is 0.618. The van der Waals surface area contributed by atoms with Crippen LogP contribution in [-0.2, 0) is 30.3 Å². The Kier molecular flexibility index (Phi) is 5.66. The van der Waals surface area contributed by atoms with E-state index in [2.05, 4.69) is 0 Å². The SMILES string of the molecule is COCC(=O)C1(COCc2ccccc2)CCC2(CC1)OCCO2. The first kappa shape index (κ1) is 17.5. The first-order valence-electron chi connectivity index (χ1n) is 8.60. The van der Waals surface area contributed by atoms with E-state index in [0.29, 0.717) is 39.3 Å². The lowest BCUT2D eigenvalue weighted by atomic mass is 9.69. The van der Waals surface area contributed by atoms with E-state index in [1.807, 2.05) is 30.3 Å². The second-order valence-corrected chi connectivity index (χ2v) is 6.72. The van der Waals surface area contributed by atoms with Crippen molar-refractivity contribution in [2.24, 2.45) is 5.41 Å². The molecule has 3 rings (SSSR count). The second-order valence-electron chi connectivity index (χ2n) is 6.72. The predicted molar refractivity (Wildman–Crippen MR) is 88.5 cm³/mol. The van der Waals surface area contributed by atoms with Crippen molar-refractivity contribution in [1.29, 1.82) is 0 Å². The number of ketones is 1. The molecule has 1 saturated heterocycles. The number of benzene rings is 1. The molecule has 0 unspecified atom stereocenters. The maximum absolute atomic E-state index is 12.7. The van der Waals surface area contributed by atoms with Crippen molar-refractivity contribution in [2.45, 2.75) is 38.1 Å². The zero-order chi connectivity index (χ0) is 16.9. The molecule has 1 aromatic carbocycles. The average molecular weight is 334 g/mol. The van der Waals surface area contributed by atoms with Gasteiger partial charge in [0.25, 0.3) is 0 Å². The fourth-order valence-electron chi connectivity index (χ4n) is 3.62. The van der Waals surface area contributed by atoms with Gasteiger partial charge in [0, 0.05) is 20.0 Å². The van der Waals surface area contributed by atoms with E-state index in [1.165, 1.54) is 0 Å². The molecule has 0 amide bonds. The van der Waals surface area contributed by atoms with E-state index >= 15 is 0 Å². The fraction of sp³-hybridized carbons (Fsp3) is 0.632. The van der Waals surface area contributed by atoms with Crippen LogP contribution in [0.25, 0.3) is 0 Å². The van der Waals surface area contributed by atoms with Gasteiger partial charge in [0.05, 0.1) is 31.8 Å². The van der Waals surface area contributed by atoms with Crippen molar-refractivity contribution >= 4 is 5.78 Å². The molecular weight excluding hydrogens is 308 g/mol. The third kappa shape index (κ3) is 3.86. The molecule has 0 bridgehead atoms. The molecule has 1 aromatic rings. The van der Waals surface area contributed by atoms with E-state index in [-0.39, 0.29) is 12.4 Å². The molecule has 1 aliphatic carbocycles. The second kappa shape index (κ2) is 7.74. The van der Waals surface area contributed by atoms with Crippen molar-refractivity contribution < 1.29 is 23.7 Å². The van der Waals surface area contributed by atoms with Crippen LogP contribution in [0.15, 0.2) is 30.3 Å². The number of hydrogen-bond donors (Lipinski definition) is 0. The average Bonchev–Trinajstić information content (AvgIpc) is 3.07. The van der Waals surface area contributed by atoms with Crippen molar-refractivity contribution in [1.82, 2.24) is 0 Å². The molecule has 0 atom stereocenters. The zero-order valence-electron chi connectivity index (χ0n) is 14.3. The summed E-state index contributed by atoms with van der Waals surface area (Å²) in [4.78, 5) is 12.7. The third-order valence-corrected chi connectivity index (χ3v) is 5.14. The summed E-state index contributed by atoms with van der Waals surface area (Å²) in [5, 5.41) is 0. The number of Topliss-reactive ketones (excluding diaryl/α,β-unsaturated/α-hetero) is 1. The maximum atomic E-state index is 12.7. The van der Waals surface area contributed by atoms with Gasteiger partial charge in [-0.05, 0) is 18.4 Å². The van der Waals surface area contributed by atoms with Gasteiger partial charge in [-0.3, -0.25) is 4.79 Å². The van der Waals surface area contributed by atoms with Crippen LogP contribution in [0.4, 0.5) is 0 Å². The summed E-state index contributed by atoms with van der Waals surface area (Å²) < 4.78 is 22.6. The van der Waals surface area contributed by atoms with E-state index in [0.717, 1.165) is 18.4 Å². The molecule has 24 heavy (non-hydrogen) atoms. The number of carbonyl (C=O) groups is 1. The molecule has 1 aliphatic heterocycles. The number of rotatable bonds is 7. The summed E-state index contributed by atoms with van der Waals surface area (Å²) in [6.45, 7) is 2.34. The summed E-state index contributed by atoms with van der Waals surface area (Å²) in [6, 6.07) is 10.0. The van der Waals surface area contributed by atoms with Gasteiger partial charge in [0.15, 0.2) is 11.6 Å². The van der Waals surface area contributed by atoms with Crippen LogP contribution in [0.3, 0.4) is 0 Å². The van der Waals surface area contributed by atoms with Gasteiger partial charge in [0.1, 0.15) is 6.61 Å². The quantitative estimate of drug-likeness (QED) is 0.767. The largest absolute Gasteiger partial charge is 0.377 e. The molecule has 0 radical (unpaired) electrons. The van der Waals surface area contributed by atoms with Crippen LogP contribution >= 0.6 is 0 Å². The van der Waals surface area contributed by atoms with Gasteiger partial charge in [-0.25, -0.2) is 0 Å². The fourth-order valence-corrected chi connectivity index (χ4v) is 3.62. The van der Waals surface area contributed by atoms with E-state index < -0.39 is 11.2 Å². The number of hydrogen-bond acceptors (Lipinski definition) is 5. The van der Waals surface area contributed by atoms with Crippen LogP contribution in [0.5, 0.6) is 0 Å². The van der Waals surface area contributed by atoms with Crippen molar-refractivity contribution in [3.05, 3.63) is 35.9 Å². The zero-order valence-corrected chi connectivity index (χ0v) is 14.3. The highest BCUT2D eigenvalue weighted by Gasteiger charge is 2.49.